The number of aliphatic hydroxyl groups excluding tert-OH is 1. The van der Waals surface area contributed by atoms with Gasteiger partial charge in [0.15, 0.2) is 0 Å². The zero-order chi connectivity index (χ0) is 13.7. The van der Waals surface area contributed by atoms with Crippen LogP contribution < -0.4 is 0 Å². The van der Waals surface area contributed by atoms with Gasteiger partial charge in [-0.2, -0.15) is 0 Å². The van der Waals surface area contributed by atoms with E-state index in [-0.39, 0.29) is 5.82 Å². The maximum Gasteiger partial charge on any atom is 0.129 e. The van der Waals surface area contributed by atoms with Gasteiger partial charge in [0.25, 0.3) is 0 Å². The molecular weight excluding hydrogens is 243 g/mol. The average molecular weight is 260 g/mol. The molecule has 0 bridgehead atoms. The van der Waals surface area contributed by atoms with Gasteiger partial charge in [0.1, 0.15) is 5.82 Å². The standard InChI is InChI=1S/C15H17FN2O/c1-18(10-12-5-4-8-17-9-12)11-15(19)13-6-2-3-7-14(13)16/h2-9,15,19H,10-11H2,1H3. The summed E-state index contributed by atoms with van der Waals surface area (Å²) in [5.41, 5.74) is 1.39. The Balaban J connectivity index is 1.96. The lowest BCUT2D eigenvalue weighted by Crippen LogP contribution is -2.24. The summed E-state index contributed by atoms with van der Waals surface area (Å²) in [7, 11) is 1.89. The normalized spacial score (nSPS) is 12.6. The largest absolute Gasteiger partial charge is 0.387 e. The third-order valence-corrected chi connectivity index (χ3v) is 2.92. The third kappa shape index (κ3) is 3.84. The first-order valence-electron chi connectivity index (χ1n) is 6.17. The van der Waals surface area contributed by atoms with Crippen LogP contribution in [-0.4, -0.2) is 28.6 Å². The molecule has 19 heavy (non-hydrogen) atoms. The summed E-state index contributed by atoms with van der Waals surface area (Å²) < 4.78 is 13.5. The molecule has 1 N–H and O–H groups in total. The molecule has 1 heterocycles. The number of likely N-dealkylation sites (N-methyl/N-ethyl adjacent to an activating group) is 1. The zero-order valence-corrected chi connectivity index (χ0v) is 10.8. The second kappa shape index (κ2) is 6.41. The molecule has 0 aliphatic rings. The average Bonchev–Trinajstić information content (AvgIpc) is 2.40. The number of aromatic nitrogens is 1. The zero-order valence-electron chi connectivity index (χ0n) is 10.8. The van der Waals surface area contributed by atoms with E-state index in [1.807, 2.05) is 24.1 Å². The second-order valence-corrected chi connectivity index (χ2v) is 4.60. The number of nitrogens with zero attached hydrogens (tertiary/aromatic N) is 2. The van der Waals surface area contributed by atoms with Crippen LogP contribution >= 0.6 is 0 Å². The van der Waals surface area contributed by atoms with Crippen LogP contribution in [0.5, 0.6) is 0 Å². The molecule has 3 nitrogen and oxygen atoms in total. The van der Waals surface area contributed by atoms with E-state index in [1.54, 1.807) is 30.6 Å². The monoisotopic (exact) mass is 260 g/mol. The quantitative estimate of drug-likeness (QED) is 0.896. The van der Waals surface area contributed by atoms with Crippen molar-refractivity contribution in [2.75, 3.05) is 13.6 Å². The van der Waals surface area contributed by atoms with Gasteiger partial charge in [-0.1, -0.05) is 24.3 Å². The van der Waals surface area contributed by atoms with Crippen LogP contribution in [0.15, 0.2) is 48.8 Å². The van der Waals surface area contributed by atoms with Gasteiger partial charge in [0.05, 0.1) is 6.10 Å². The SMILES string of the molecule is CN(Cc1cccnc1)CC(O)c1ccccc1F. The molecular formula is C15H17FN2O. The van der Waals surface area contributed by atoms with Crippen molar-refractivity contribution in [2.45, 2.75) is 12.6 Å². The number of rotatable bonds is 5. The Hall–Kier alpha value is -1.78. The Kier molecular flexibility index (Phi) is 4.60. The lowest BCUT2D eigenvalue weighted by atomic mass is 10.1. The molecule has 4 heteroatoms. The van der Waals surface area contributed by atoms with E-state index in [0.29, 0.717) is 18.7 Å². The highest BCUT2D eigenvalue weighted by Gasteiger charge is 2.14. The molecule has 0 aliphatic carbocycles. The Bertz CT molecular complexity index is 519. The first-order valence-corrected chi connectivity index (χ1v) is 6.17. The summed E-state index contributed by atoms with van der Waals surface area (Å²) in [6.45, 7) is 1.04. The molecule has 0 radical (unpaired) electrons. The van der Waals surface area contributed by atoms with Gasteiger partial charge in [-0.25, -0.2) is 4.39 Å². The number of halogens is 1. The van der Waals surface area contributed by atoms with Gasteiger partial charge in [-0.05, 0) is 24.7 Å². The van der Waals surface area contributed by atoms with E-state index < -0.39 is 6.10 Å². The van der Waals surface area contributed by atoms with Gasteiger partial charge < -0.3 is 5.11 Å². The highest BCUT2D eigenvalue weighted by Crippen LogP contribution is 2.17. The van der Waals surface area contributed by atoms with Crippen LogP contribution in [-0.2, 0) is 6.54 Å². The van der Waals surface area contributed by atoms with Crippen LogP contribution in [0.4, 0.5) is 4.39 Å². The predicted molar refractivity (Wildman–Crippen MR) is 71.9 cm³/mol. The fourth-order valence-electron chi connectivity index (χ4n) is 2.01. The molecule has 0 fully saturated rings. The smallest absolute Gasteiger partial charge is 0.129 e. The van der Waals surface area contributed by atoms with E-state index in [4.69, 9.17) is 0 Å². The van der Waals surface area contributed by atoms with Crippen molar-refractivity contribution in [2.24, 2.45) is 0 Å². The summed E-state index contributed by atoms with van der Waals surface area (Å²) in [6, 6.07) is 10.2. The lowest BCUT2D eigenvalue weighted by molar-refractivity contribution is 0.120. The molecule has 2 rings (SSSR count). The van der Waals surface area contributed by atoms with Crippen molar-refractivity contribution in [1.82, 2.24) is 9.88 Å². The van der Waals surface area contributed by atoms with Gasteiger partial charge >= 0.3 is 0 Å². The van der Waals surface area contributed by atoms with Crippen LogP contribution in [0.3, 0.4) is 0 Å². The van der Waals surface area contributed by atoms with Crippen molar-refractivity contribution >= 4 is 0 Å². The van der Waals surface area contributed by atoms with Gasteiger partial charge in [0.2, 0.25) is 0 Å². The first-order chi connectivity index (χ1) is 9.16. The molecule has 1 aromatic carbocycles. The topological polar surface area (TPSA) is 36.4 Å². The maximum absolute atomic E-state index is 13.5. The highest BCUT2D eigenvalue weighted by molar-refractivity contribution is 5.20. The third-order valence-electron chi connectivity index (χ3n) is 2.92. The fraction of sp³-hybridized carbons (Fsp3) is 0.267. The summed E-state index contributed by atoms with van der Waals surface area (Å²) >= 11 is 0. The minimum atomic E-state index is -0.831. The molecule has 1 unspecified atom stereocenters. The molecule has 0 saturated carbocycles. The Labute approximate surface area is 112 Å². The van der Waals surface area contributed by atoms with Crippen molar-refractivity contribution in [3.63, 3.8) is 0 Å². The highest BCUT2D eigenvalue weighted by atomic mass is 19.1. The summed E-state index contributed by atoms with van der Waals surface area (Å²) in [6.07, 6.45) is 2.67. The Morgan fingerprint density at radius 1 is 1.26 bits per heavy atom. The van der Waals surface area contributed by atoms with Gasteiger partial charge in [-0.15, -0.1) is 0 Å². The van der Waals surface area contributed by atoms with Crippen molar-refractivity contribution in [3.05, 3.63) is 65.7 Å². The summed E-state index contributed by atoms with van der Waals surface area (Å²) in [4.78, 5) is 5.98. The van der Waals surface area contributed by atoms with E-state index in [9.17, 15) is 9.50 Å². The van der Waals surface area contributed by atoms with E-state index in [2.05, 4.69) is 4.98 Å². The Morgan fingerprint density at radius 3 is 2.74 bits per heavy atom. The molecule has 0 spiro atoms. The minimum Gasteiger partial charge on any atom is -0.387 e. The van der Waals surface area contributed by atoms with Gasteiger partial charge in [0, 0.05) is 31.0 Å². The number of aliphatic hydroxyl groups is 1. The molecule has 0 saturated heterocycles. The Morgan fingerprint density at radius 2 is 2.05 bits per heavy atom. The fourth-order valence-corrected chi connectivity index (χ4v) is 2.01. The molecule has 2 aromatic rings. The first kappa shape index (κ1) is 13.6. The molecule has 1 aromatic heterocycles. The van der Waals surface area contributed by atoms with Crippen LogP contribution in [0.2, 0.25) is 0 Å². The maximum atomic E-state index is 13.5. The summed E-state index contributed by atoms with van der Waals surface area (Å²) in [5, 5.41) is 10.1. The van der Waals surface area contributed by atoms with E-state index in [0.717, 1.165) is 5.56 Å². The van der Waals surface area contributed by atoms with Crippen LogP contribution in [0.25, 0.3) is 0 Å². The van der Waals surface area contributed by atoms with Gasteiger partial charge in [-0.3, -0.25) is 9.88 Å². The lowest BCUT2D eigenvalue weighted by Gasteiger charge is -2.21. The van der Waals surface area contributed by atoms with E-state index in [1.165, 1.54) is 6.07 Å². The van der Waals surface area contributed by atoms with Crippen molar-refractivity contribution in [1.29, 1.82) is 0 Å². The molecule has 100 valence electrons. The van der Waals surface area contributed by atoms with Crippen molar-refractivity contribution in [3.8, 4) is 0 Å². The molecule has 1 atom stereocenters. The molecule has 0 amide bonds. The predicted octanol–water partition coefficient (Wildman–Crippen LogP) is 2.39. The van der Waals surface area contributed by atoms with Crippen LogP contribution in [0.1, 0.15) is 17.2 Å². The molecule has 0 aliphatic heterocycles. The van der Waals surface area contributed by atoms with Crippen LogP contribution in [0, 0.1) is 5.82 Å². The van der Waals surface area contributed by atoms with E-state index >= 15 is 0 Å². The number of pyridine rings is 1. The van der Waals surface area contributed by atoms with Crippen molar-refractivity contribution < 1.29 is 9.50 Å². The second-order valence-electron chi connectivity index (χ2n) is 4.60. The summed E-state index contributed by atoms with van der Waals surface area (Å²) in [5.74, 6) is -0.371. The number of hydrogen-bond donors (Lipinski definition) is 1. The number of benzene rings is 1. The minimum absolute atomic E-state index is 0.334. The number of hydrogen-bond acceptors (Lipinski definition) is 3.